The molecule has 0 saturated carbocycles. The van der Waals surface area contributed by atoms with Gasteiger partial charge in [-0.25, -0.2) is 14.4 Å². The fourth-order valence-corrected chi connectivity index (χ4v) is 1.15. The first kappa shape index (κ1) is 9.76. The van der Waals surface area contributed by atoms with Crippen LogP contribution in [-0.2, 0) is 0 Å². The number of H-pyrrole nitrogens is 3. The lowest BCUT2D eigenvalue weighted by molar-refractivity contribution is 0.0734. The van der Waals surface area contributed by atoms with E-state index in [9.17, 15) is 19.2 Å². The van der Waals surface area contributed by atoms with Crippen LogP contribution in [0.3, 0.4) is 0 Å². The zero-order chi connectivity index (χ0) is 11.9. The van der Waals surface area contributed by atoms with Gasteiger partial charge in [-0.1, -0.05) is 4.73 Å². The quantitative estimate of drug-likeness (QED) is 0.435. The largest absolute Gasteiger partial charge is 0.531 e. The predicted octanol–water partition coefficient (Wildman–Crippen LogP) is -2.19. The molecule has 2 heterocycles. The Bertz CT molecular complexity index is 730. The first-order valence-corrected chi connectivity index (χ1v) is 3.87. The van der Waals surface area contributed by atoms with Crippen LogP contribution in [0.5, 0.6) is 0 Å². The topological polar surface area (TPSA) is 150 Å². The second-order valence-electron chi connectivity index (χ2n) is 2.72. The fourth-order valence-electron chi connectivity index (χ4n) is 1.15. The number of aromatic nitrogens is 4. The van der Waals surface area contributed by atoms with Gasteiger partial charge in [0.15, 0.2) is 5.52 Å². The highest BCUT2D eigenvalue weighted by molar-refractivity contribution is 5.67. The standard InChI is InChI=1S/C6H4N4O6/c11-3-1-2(8-4(12)7-1)9-5(13)10(3)16-6(14)15/h(H,9,13)(H,14,15)(H2,7,8,12). The smallest absolute Gasteiger partial charge is 0.448 e. The number of imidazole rings is 1. The van der Waals surface area contributed by atoms with Crippen LogP contribution in [0.2, 0.25) is 0 Å². The van der Waals surface area contributed by atoms with Crippen molar-refractivity contribution in [3.63, 3.8) is 0 Å². The second kappa shape index (κ2) is 3.12. The number of rotatable bonds is 1. The Balaban J connectivity index is 2.85. The molecule has 0 saturated heterocycles. The minimum absolute atomic E-state index is 0.0194. The van der Waals surface area contributed by atoms with E-state index in [2.05, 4.69) is 19.8 Å². The normalized spacial score (nSPS) is 10.5. The average molecular weight is 228 g/mol. The molecule has 10 nitrogen and oxygen atoms in total. The van der Waals surface area contributed by atoms with Crippen LogP contribution in [0, 0.1) is 0 Å². The second-order valence-corrected chi connectivity index (χ2v) is 2.72. The van der Waals surface area contributed by atoms with Gasteiger partial charge in [0.25, 0.3) is 0 Å². The minimum atomic E-state index is -1.83. The Kier molecular flexibility index (Phi) is 1.90. The molecule has 0 fully saturated rings. The number of carbonyl (C=O) groups is 1. The van der Waals surface area contributed by atoms with Gasteiger partial charge in [0.1, 0.15) is 5.65 Å². The molecule has 0 bridgehead atoms. The van der Waals surface area contributed by atoms with Crippen LogP contribution in [0.4, 0.5) is 4.79 Å². The molecule has 2 rings (SSSR count). The molecule has 0 atom stereocenters. The van der Waals surface area contributed by atoms with E-state index >= 15 is 0 Å². The van der Waals surface area contributed by atoms with Gasteiger partial charge in [0.05, 0.1) is 0 Å². The van der Waals surface area contributed by atoms with E-state index in [1.807, 2.05) is 0 Å². The van der Waals surface area contributed by atoms with Crippen molar-refractivity contribution in [1.29, 1.82) is 0 Å². The molecule has 10 heteroatoms. The first-order chi connectivity index (χ1) is 7.49. The molecule has 0 aliphatic heterocycles. The fraction of sp³-hybridized carbons (Fsp3) is 0. The van der Waals surface area contributed by atoms with Crippen molar-refractivity contribution in [2.75, 3.05) is 0 Å². The Hall–Kier alpha value is -2.78. The van der Waals surface area contributed by atoms with E-state index in [0.717, 1.165) is 0 Å². The van der Waals surface area contributed by atoms with Crippen LogP contribution < -0.4 is 21.8 Å². The van der Waals surface area contributed by atoms with Gasteiger partial charge >= 0.3 is 23.1 Å². The lowest BCUT2D eigenvalue weighted by Crippen LogP contribution is -2.41. The number of hydrogen-bond donors (Lipinski definition) is 4. The zero-order valence-electron chi connectivity index (χ0n) is 7.44. The highest BCUT2D eigenvalue weighted by atomic mass is 16.8. The van der Waals surface area contributed by atoms with Gasteiger partial charge in [-0.05, 0) is 0 Å². The highest BCUT2D eigenvalue weighted by Gasteiger charge is 2.13. The van der Waals surface area contributed by atoms with Crippen LogP contribution in [-0.4, -0.2) is 30.9 Å². The molecule has 0 aromatic carbocycles. The Morgan fingerprint density at radius 2 is 1.88 bits per heavy atom. The number of fused-ring (bicyclic) bond motifs is 1. The SMILES string of the molecule is O=C(O)On1c(=O)[nH]c2[nH]c(=O)[nH]c2c1=O. The summed E-state index contributed by atoms with van der Waals surface area (Å²) in [6.45, 7) is 0. The number of hydrogen-bond acceptors (Lipinski definition) is 5. The lowest BCUT2D eigenvalue weighted by atomic mass is 10.5. The van der Waals surface area contributed by atoms with E-state index in [4.69, 9.17) is 5.11 Å². The van der Waals surface area contributed by atoms with E-state index in [1.54, 1.807) is 0 Å². The van der Waals surface area contributed by atoms with Crippen LogP contribution in [0.1, 0.15) is 0 Å². The van der Waals surface area contributed by atoms with E-state index in [-0.39, 0.29) is 15.9 Å². The van der Waals surface area contributed by atoms with Gasteiger partial charge in [0, 0.05) is 0 Å². The van der Waals surface area contributed by atoms with Crippen molar-refractivity contribution in [1.82, 2.24) is 19.7 Å². The lowest BCUT2D eigenvalue weighted by Gasteiger charge is -1.99. The molecular weight excluding hydrogens is 224 g/mol. The summed E-state index contributed by atoms with van der Waals surface area (Å²) in [6, 6.07) is 0. The minimum Gasteiger partial charge on any atom is -0.448 e. The molecule has 16 heavy (non-hydrogen) atoms. The molecule has 0 aliphatic rings. The highest BCUT2D eigenvalue weighted by Crippen LogP contribution is 1.90. The monoisotopic (exact) mass is 228 g/mol. The third-order valence-electron chi connectivity index (χ3n) is 1.71. The molecular formula is C6H4N4O6. The van der Waals surface area contributed by atoms with Crippen molar-refractivity contribution in [2.45, 2.75) is 0 Å². The number of aromatic amines is 3. The summed E-state index contributed by atoms with van der Waals surface area (Å²) < 4.78 is -0.0194. The Morgan fingerprint density at radius 3 is 2.50 bits per heavy atom. The van der Waals surface area contributed by atoms with E-state index < -0.39 is 23.1 Å². The predicted molar refractivity (Wildman–Crippen MR) is 48.4 cm³/mol. The van der Waals surface area contributed by atoms with Gasteiger partial charge < -0.3 is 5.11 Å². The van der Waals surface area contributed by atoms with Gasteiger partial charge in [-0.3, -0.25) is 24.6 Å². The van der Waals surface area contributed by atoms with Crippen molar-refractivity contribution in [3.8, 4) is 0 Å². The number of nitrogens with one attached hydrogen (secondary N) is 3. The van der Waals surface area contributed by atoms with Crippen molar-refractivity contribution < 1.29 is 14.7 Å². The van der Waals surface area contributed by atoms with Gasteiger partial charge in [0.2, 0.25) is 0 Å². The molecule has 0 spiro atoms. The molecule has 0 amide bonds. The summed E-state index contributed by atoms with van der Waals surface area (Å²) in [7, 11) is 0. The van der Waals surface area contributed by atoms with Crippen molar-refractivity contribution in [2.24, 2.45) is 0 Å². The summed E-state index contributed by atoms with van der Waals surface area (Å²) in [6.07, 6.45) is -1.83. The number of nitrogens with zero attached hydrogens (tertiary/aromatic N) is 1. The first-order valence-electron chi connectivity index (χ1n) is 3.87. The maximum Gasteiger partial charge on any atom is 0.531 e. The summed E-state index contributed by atoms with van der Waals surface area (Å²) in [5, 5.41) is 8.28. The summed E-state index contributed by atoms with van der Waals surface area (Å²) in [4.78, 5) is 53.9. The molecule has 0 unspecified atom stereocenters. The van der Waals surface area contributed by atoms with Gasteiger partial charge in [-0.15, -0.1) is 0 Å². The van der Waals surface area contributed by atoms with Crippen LogP contribution >= 0.6 is 0 Å². The summed E-state index contributed by atoms with van der Waals surface area (Å²) >= 11 is 0. The summed E-state index contributed by atoms with van der Waals surface area (Å²) in [5.74, 6) is 0. The molecule has 0 radical (unpaired) electrons. The molecule has 4 N–H and O–H groups in total. The zero-order valence-corrected chi connectivity index (χ0v) is 7.44. The van der Waals surface area contributed by atoms with Crippen LogP contribution in [0.15, 0.2) is 14.4 Å². The molecule has 84 valence electrons. The van der Waals surface area contributed by atoms with E-state index in [0.29, 0.717) is 0 Å². The van der Waals surface area contributed by atoms with Gasteiger partial charge in [-0.2, -0.15) is 0 Å². The third kappa shape index (κ3) is 1.37. The molecule has 2 aromatic rings. The third-order valence-corrected chi connectivity index (χ3v) is 1.71. The Morgan fingerprint density at radius 1 is 1.19 bits per heavy atom. The molecule has 0 aliphatic carbocycles. The maximum atomic E-state index is 11.5. The summed E-state index contributed by atoms with van der Waals surface area (Å²) in [5.41, 5.74) is -3.33. The van der Waals surface area contributed by atoms with Crippen molar-refractivity contribution in [3.05, 3.63) is 31.3 Å². The maximum absolute atomic E-state index is 11.5. The van der Waals surface area contributed by atoms with E-state index in [1.165, 1.54) is 0 Å². The van der Waals surface area contributed by atoms with Crippen molar-refractivity contribution >= 4 is 17.3 Å². The van der Waals surface area contributed by atoms with Crippen LogP contribution in [0.25, 0.3) is 11.2 Å². The molecule has 2 aromatic heterocycles. The average Bonchev–Trinajstić information content (AvgIpc) is 2.53. The number of carboxylic acid groups (broad SMARTS) is 1. The Labute approximate surface area is 84.1 Å².